The van der Waals surface area contributed by atoms with Crippen molar-refractivity contribution in [2.24, 2.45) is 5.73 Å². The molecule has 2 atom stereocenters. The van der Waals surface area contributed by atoms with Crippen LogP contribution >= 0.6 is 0 Å². The average molecular weight is 225 g/mol. The summed E-state index contributed by atoms with van der Waals surface area (Å²) in [5, 5.41) is 0. The van der Waals surface area contributed by atoms with Crippen LogP contribution in [-0.2, 0) is 9.47 Å². The third-order valence-electron chi connectivity index (χ3n) is 2.60. The Labute approximate surface area is 94.3 Å². The molecule has 1 aromatic carbocycles. The summed E-state index contributed by atoms with van der Waals surface area (Å²) in [5.74, 6) is -0.267. The van der Waals surface area contributed by atoms with Gasteiger partial charge in [-0.25, -0.2) is 4.39 Å². The van der Waals surface area contributed by atoms with Crippen LogP contribution in [0.2, 0.25) is 0 Å². The summed E-state index contributed by atoms with van der Waals surface area (Å²) < 4.78 is 23.9. The first-order valence-electron chi connectivity index (χ1n) is 5.41. The van der Waals surface area contributed by atoms with E-state index in [2.05, 4.69) is 0 Å². The Morgan fingerprint density at radius 2 is 2.25 bits per heavy atom. The van der Waals surface area contributed by atoms with Gasteiger partial charge in [0.1, 0.15) is 11.9 Å². The van der Waals surface area contributed by atoms with E-state index in [-0.39, 0.29) is 24.1 Å². The molecule has 2 rings (SSSR count). The Morgan fingerprint density at radius 3 is 2.75 bits per heavy atom. The van der Waals surface area contributed by atoms with Crippen molar-refractivity contribution < 1.29 is 13.9 Å². The maximum Gasteiger partial charge on any atom is 0.123 e. The van der Waals surface area contributed by atoms with Crippen molar-refractivity contribution in [3.05, 3.63) is 35.6 Å². The largest absolute Gasteiger partial charge is 0.376 e. The van der Waals surface area contributed by atoms with E-state index in [9.17, 15) is 4.39 Å². The fraction of sp³-hybridized carbons (Fsp3) is 0.500. The molecule has 1 fully saturated rings. The molecule has 0 saturated carbocycles. The van der Waals surface area contributed by atoms with Crippen LogP contribution in [0.4, 0.5) is 4.39 Å². The van der Waals surface area contributed by atoms with Gasteiger partial charge >= 0.3 is 0 Å². The smallest absolute Gasteiger partial charge is 0.123 e. The molecule has 2 N–H and O–H groups in total. The van der Waals surface area contributed by atoms with E-state index in [4.69, 9.17) is 15.2 Å². The van der Waals surface area contributed by atoms with E-state index in [1.54, 1.807) is 6.07 Å². The first-order chi connectivity index (χ1) is 7.66. The molecule has 1 aliphatic heterocycles. The zero-order valence-electron chi connectivity index (χ0n) is 9.23. The van der Waals surface area contributed by atoms with Gasteiger partial charge in [0.15, 0.2) is 0 Å². The molecule has 0 aromatic heterocycles. The van der Waals surface area contributed by atoms with Crippen LogP contribution < -0.4 is 5.73 Å². The predicted octanol–water partition coefficient (Wildman–Crippen LogP) is 1.63. The molecule has 1 aromatic rings. The zero-order chi connectivity index (χ0) is 11.5. The van der Waals surface area contributed by atoms with Gasteiger partial charge in [-0.15, -0.1) is 0 Å². The molecule has 1 saturated heterocycles. The van der Waals surface area contributed by atoms with Gasteiger partial charge in [0.25, 0.3) is 0 Å². The van der Waals surface area contributed by atoms with Gasteiger partial charge in [-0.2, -0.15) is 0 Å². The molecule has 1 aliphatic rings. The van der Waals surface area contributed by atoms with E-state index in [0.29, 0.717) is 13.2 Å². The van der Waals surface area contributed by atoms with Crippen LogP contribution in [0.1, 0.15) is 18.6 Å². The number of ether oxygens (including phenoxy) is 2. The van der Waals surface area contributed by atoms with E-state index in [1.807, 2.05) is 13.0 Å². The van der Waals surface area contributed by atoms with Crippen LogP contribution in [0.3, 0.4) is 0 Å². The lowest BCUT2D eigenvalue weighted by Gasteiger charge is -2.32. The Kier molecular flexibility index (Phi) is 3.53. The SMILES string of the molecule is CC(N)C(OC1COC1)c1cccc(F)c1. The summed E-state index contributed by atoms with van der Waals surface area (Å²) in [5.41, 5.74) is 6.64. The number of hydrogen-bond acceptors (Lipinski definition) is 3. The minimum absolute atomic E-state index is 0.0827. The van der Waals surface area contributed by atoms with E-state index in [1.165, 1.54) is 12.1 Å². The highest BCUT2D eigenvalue weighted by Gasteiger charge is 2.26. The van der Waals surface area contributed by atoms with Crippen LogP contribution in [-0.4, -0.2) is 25.4 Å². The van der Waals surface area contributed by atoms with Crippen molar-refractivity contribution >= 4 is 0 Å². The average Bonchev–Trinajstić information content (AvgIpc) is 2.15. The zero-order valence-corrected chi connectivity index (χ0v) is 9.23. The molecule has 0 aliphatic carbocycles. The Morgan fingerprint density at radius 1 is 1.50 bits per heavy atom. The van der Waals surface area contributed by atoms with Gasteiger partial charge in [0.2, 0.25) is 0 Å². The van der Waals surface area contributed by atoms with E-state index < -0.39 is 0 Å². The summed E-state index contributed by atoms with van der Waals surface area (Å²) in [7, 11) is 0. The summed E-state index contributed by atoms with van der Waals surface area (Å²) in [4.78, 5) is 0. The lowest BCUT2D eigenvalue weighted by molar-refractivity contribution is -0.159. The first-order valence-corrected chi connectivity index (χ1v) is 5.41. The van der Waals surface area contributed by atoms with Gasteiger partial charge in [0.05, 0.1) is 19.3 Å². The van der Waals surface area contributed by atoms with Gasteiger partial charge < -0.3 is 15.2 Å². The number of halogens is 1. The molecule has 3 nitrogen and oxygen atoms in total. The molecule has 1 heterocycles. The highest BCUT2D eigenvalue weighted by molar-refractivity contribution is 5.20. The van der Waals surface area contributed by atoms with Crippen LogP contribution in [0.15, 0.2) is 24.3 Å². The minimum atomic E-state index is -0.274. The van der Waals surface area contributed by atoms with Gasteiger partial charge in [-0.05, 0) is 24.6 Å². The molecule has 0 amide bonds. The molecule has 0 radical (unpaired) electrons. The monoisotopic (exact) mass is 225 g/mol. The molecular formula is C12H16FNO2. The fourth-order valence-corrected chi connectivity index (χ4v) is 1.69. The van der Waals surface area contributed by atoms with Crippen molar-refractivity contribution in [3.63, 3.8) is 0 Å². The molecule has 0 spiro atoms. The van der Waals surface area contributed by atoms with Crippen LogP contribution in [0.25, 0.3) is 0 Å². The Balaban J connectivity index is 2.11. The summed E-state index contributed by atoms with van der Waals surface area (Å²) in [6, 6.07) is 6.20. The standard InChI is InChI=1S/C12H16FNO2/c1-8(14)12(16-11-6-15-7-11)9-3-2-4-10(13)5-9/h2-5,8,11-12H,6-7,14H2,1H3. The molecule has 0 bridgehead atoms. The summed E-state index contributed by atoms with van der Waals surface area (Å²) in [6.07, 6.45) is -0.191. The Hall–Kier alpha value is -0.970. The highest BCUT2D eigenvalue weighted by Crippen LogP contribution is 2.24. The third-order valence-corrected chi connectivity index (χ3v) is 2.60. The van der Waals surface area contributed by atoms with E-state index in [0.717, 1.165) is 5.56 Å². The van der Waals surface area contributed by atoms with Gasteiger partial charge in [-0.1, -0.05) is 12.1 Å². The van der Waals surface area contributed by atoms with Gasteiger partial charge in [0, 0.05) is 6.04 Å². The molecular weight excluding hydrogens is 209 g/mol. The van der Waals surface area contributed by atoms with Crippen LogP contribution in [0, 0.1) is 5.82 Å². The second kappa shape index (κ2) is 4.91. The number of hydrogen-bond donors (Lipinski definition) is 1. The normalized spacial score (nSPS) is 20.2. The maximum atomic E-state index is 13.1. The number of nitrogens with two attached hydrogens (primary N) is 1. The Bertz CT molecular complexity index is 353. The summed E-state index contributed by atoms with van der Waals surface area (Å²) in [6.45, 7) is 3.05. The van der Waals surface area contributed by atoms with Crippen molar-refractivity contribution in [2.75, 3.05) is 13.2 Å². The van der Waals surface area contributed by atoms with E-state index >= 15 is 0 Å². The number of benzene rings is 1. The van der Waals surface area contributed by atoms with Crippen LogP contribution in [0.5, 0.6) is 0 Å². The minimum Gasteiger partial charge on any atom is -0.376 e. The van der Waals surface area contributed by atoms with Crippen molar-refractivity contribution in [2.45, 2.75) is 25.2 Å². The second-order valence-electron chi connectivity index (χ2n) is 4.13. The van der Waals surface area contributed by atoms with Crippen molar-refractivity contribution in [1.82, 2.24) is 0 Å². The predicted molar refractivity (Wildman–Crippen MR) is 58.5 cm³/mol. The third kappa shape index (κ3) is 2.58. The number of rotatable bonds is 4. The topological polar surface area (TPSA) is 44.5 Å². The van der Waals surface area contributed by atoms with Crippen molar-refractivity contribution in [3.8, 4) is 0 Å². The summed E-state index contributed by atoms with van der Waals surface area (Å²) >= 11 is 0. The lowest BCUT2D eigenvalue weighted by atomic mass is 10.0. The molecule has 88 valence electrons. The molecule has 2 unspecified atom stereocenters. The fourth-order valence-electron chi connectivity index (χ4n) is 1.69. The maximum absolute atomic E-state index is 13.1. The van der Waals surface area contributed by atoms with Crippen molar-refractivity contribution in [1.29, 1.82) is 0 Å². The molecule has 16 heavy (non-hydrogen) atoms. The quantitative estimate of drug-likeness (QED) is 0.847. The first kappa shape index (κ1) is 11.5. The van der Waals surface area contributed by atoms with Gasteiger partial charge in [-0.3, -0.25) is 0 Å². The highest BCUT2D eigenvalue weighted by atomic mass is 19.1. The lowest BCUT2D eigenvalue weighted by Crippen LogP contribution is -2.40. The second-order valence-corrected chi connectivity index (χ2v) is 4.13. The molecule has 4 heteroatoms.